The highest BCUT2D eigenvalue weighted by molar-refractivity contribution is 6.14. The molecule has 2 heterocycles. The number of ketones is 1. The molecular weight excluding hydrogens is 316 g/mol. The number of Topliss-reactive ketones (excluding diaryl/α,β-unsaturated/α-hetero) is 1. The molecule has 0 aromatic heterocycles. The number of hydrogen-bond donors (Lipinski definition) is 2. The second-order valence-corrected chi connectivity index (χ2v) is 6.16. The van der Waals surface area contributed by atoms with E-state index < -0.39 is 29.9 Å². The number of carbonyl (C=O) groups excluding carboxylic acids is 2. The van der Waals surface area contributed by atoms with E-state index in [0.717, 1.165) is 0 Å². The Morgan fingerprint density at radius 2 is 2.12 bits per heavy atom. The zero-order valence-electron chi connectivity index (χ0n) is 13.1. The molecule has 2 aliphatic heterocycles. The predicted octanol–water partition coefficient (Wildman–Crippen LogP) is 1.35. The number of rotatable bonds is 2. The van der Waals surface area contributed by atoms with Crippen LogP contribution in [0.25, 0.3) is 5.76 Å². The van der Waals surface area contributed by atoms with Gasteiger partial charge in [-0.15, -0.1) is 0 Å². The molecule has 0 radical (unpaired) electrons. The molecule has 0 saturated carbocycles. The van der Waals surface area contributed by atoms with Gasteiger partial charge in [0.15, 0.2) is 5.60 Å². The van der Waals surface area contributed by atoms with E-state index in [1.54, 1.807) is 6.92 Å². The van der Waals surface area contributed by atoms with E-state index in [0.29, 0.717) is 5.57 Å². The molecule has 2 N–H and O–H groups in total. The van der Waals surface area contributed by atoms with E-state index in [9.17, 15) is 19.8 Å². The molecule has 1 aromatic rings. The number of epoxide rings is 1. The zero-order chi connectivity index (χ0) is 17.2. The first kappa shape index (κ1) is 15.2. The zero-order valence-corrected chi connectivity index (χ0v) is 13.1. The number of benzene rings is 1. The fourth-order valence-corrected chi connectivity index (χ4v) is 3.81. The summed E-state index contributed by atoms with van der Waals surface area (Å²) in [5.41, 5.74) is -0.724. The fraction of sp³-hybridized carbons (Fsp3) is 0.412. The molecule has 0 amide bonds. The average molecular weight is 332 g/mol. The van der Waals surface area contributed by atoms with Crippen LogP contribution >= 0.6 is 0 Å². The summed E-state index contributed by atoms with van der Waals surface area (Å²) in [6.45, 7) is 1.67. The number of carbonyl (C=O) groups is 2. The Balaban J connectivity index is 1.82. The Kier molecular flexibility index (Phi) is 3.04. The van der Waals surface area contributed by atoms with Crippen LogP contribution < -0.4 is 0 Å². The first-order valence-electron chi connectivity index (χ1n) is 7.62. The van der Waals surface area contributed by atoms with Crippen LogP contribution in [0.4, 0.5) is 0 Å². The van der Waals surface area contributed by atoms with Gasteiger partial charge >= 0.3 is 5.97 Å². The Morgan fingerprint density at radius 1 is 1.38 bits per heavy atom. The van der Waals surface area contributed by atoms with Gasteiger partial charge in [0, 0.05) is 11.1 Å². The van der Waals surface area contributed by atoms with Gasteiger partial charge in [-0.3, -0.25) is 9.59 Å². The number of hydrogen-bond acceptors (Lipinski definition) is 7. The highest BCUT2D eigenvalue weighted by atomic mass is 16.7. The predicted molar refractivity (Wildman–Crippen MR) is 80.6 cm³/mol. The molecule has 0 unspecified atom stereocenters. The van der Waals surface area contributed by atoms with Crippen molar-refractivity contribution in [2.75, 3.05) is 7.11 Å². The minimum absolute atomic E-state index is 0.0402. The van der Waals surface area contributed by atoms with Gasteiger partial charge in [0.05, 0.1) is 31.3 Å². The molecule has 7 nitrogen and oxygen atoms in total. The van der Waals surface area contributed by atoms with Crippen molar-refractivity contribution in [2.24, 2.45) is 0 Å². The lowest BCUT2D eigenvalue weighted by molar-refractivity contribution is -0.145. The van der Waals surface area contributed by atoms with Crippen LogP contribution in [0.5, 0.6) is 5.75 Å². The number of fused-ring (bicyclic) bond motifs is 1. The molecule has 24 heavy (non-hydrogen) atoms. The summed E-state index contributed by atoms with van der Waals surface area (Å²) in [4.78, 5) is 24.6. The number of aromatic hydroxyl groups is 1. The van der Waals surface area contributed by atoms with Crippen LogP contribution in [0.3, 0.4) is 0 Å². The van der Waals surface area contributed by atoms with Gasteiger partial charge in [-0.05, 0) is 13.0 Å². The molecule has 4 atom stereocenters. The highest BCUT2D eigenvalue weighted by Gasteiger charge is 2.74. The number of phenolic OH excluding ortho intramolecular Hbond substituents is 1. The van der Waals surface area contributed by atoms with Crippen LogP contribution in [0.15, 0.2) is 23.8 Å². The van der Waals surface area contributed by atoms with Gasteiger partial charge in [-0.1, -0.05) is 12.1 Å². The maximum Gasteiger partial charge on any atom is 0.308 e. The van der Waals surface area contributed by atoms with E-state index in [1.165, 1.54) is 25.3 Å². The minimum Gasteiger partial charge on any atom is -0.507 e. The lowest BCUT2D eigenvalue weighted by Crippen LogP contribution is -2.48. The Morgan fingerprint density at radius 3 is 2.83 bits per heavy atom. The van der Waals surface area contributed by atoms with E-state index in [1.807, 2.05) is 0 Å². The number of aliphatic hydroxyl groups excluding tert-OH is 1. The largest absolute Gasteiger partial charge is 0.507 e. The first-order valence-corrected chi connectivity index (χ1v) is 7.62. The van der Waals surface area contributed by atoms with Gasteiger partial charge in [0.1, 0.15) is 17.6 Å². The monoisotopic (exact) mass is 332 g/mol. The molecule has 126 valence electrons. The van der Waals surface area contributed by atoms with Crippen molar-refractivity contribution in [3.63, 3.8) is 0 Å². The summed E-state index contributed by atoms with van der Waals surface area (Å²) in [7, 11) is 1.28. The van der Waals surface area contributed by atoms with Crippen LogP contribution in [0.1, 0.15) is 29.3 Å². The van der Waals surface area contributed by atoms with Crippen molar-refractivity contribution in [3.05, 3.63) is 34.9 Å². The quantitative estimate of drug-likeness (QED) is 0.622. The molecular formula is C17H16O7. The Bertz CT molecular complexity index is 796. The minimum atomic E-state index is -1.32. The van der Waals surface area contributed by atoms with Gasteiger partial charge in [-0.25, -0.2) is 0 Å². The normalized spacial score (nSPS) is 33.4. The first-order chi connectivity index (χ1) is 11.4. The number of aliphatic hydroxyl groups is 1. The second-order valence-electron chi connectivity index (χ2n) is 6.16. The number of ether oxygens (including phenoxy) is 3. The van der Waals surface area contributed by atoms with Gasteiger partial charge in [0.2, 0.25) is 5.78 Å². The van der Waals surface area contributed by atoms with E-state index in [2.05, 4.69) is 4.74 Å². The molecule has 0 bridgehead atoms. The molecule has 1 aliphatic carbocycles. The standard InChI is InChI=1S/C17H16O7/c1-7-13-14(20)12-8(4-3-5-9(12)18)15(21)17(13)16(24-17)10(23-7)6-11(19)22-2/h3-5,7,10,16,18,20H,6H2,1-2H3/t7-,10+,16-,17-/m1/s1. The van der Waals surface area contributed by atoms with Crippen molar-refractivity contribution < 1.29 is 34.0 Å². The van der Waals surface area contributed by atoms with Crippen LogP contribution in [0, 0.1) is 0 Å². The molecule has 1 spiro atoms. The van der Waals surface area contributed by atoms with Crippen molar-refractivity contribution >= 4 is 17.5 Å². The third-order valence-corrected chi connectivity index (χ3v) is 4.89. The molecule has 3 aliphatic rings. The summed E-state index contributed by atoms with van der Waals surface area (Å²) in [5, 5.41) is 20.7. The lowest BCUT2D eigenvalue weighted by Gasteiger charge is -2.35. The molecule has 1 aromatic carbocycles. The third kappa shape index (κ3) is 1.73. The van der Waals surface area contributed by atoms with Gasteiger partial charge in [0.25, 0.3) is 0 Å². The van der Waals surface area contributed by atoms with Crippen molar-refractivity contribution in [1.82, 2.24) is 0 Å². The Labute approximate surface area is 137 Å². The molecule has 4 rings (SSSR count). The molecule has 7 heteroatoms. The maximum atomic E-state index is 13.0. The number of methoxy groups -OCH3 is 1. The summed E-state index contributed by atoms with van der Waals surface area (Å²) < 4.78 is 16.1. The molecule has 2 saturated heterocycles. The highest BCUT2D eigenvalue weighted by Crippen LogP contribution is 2.58. The van der Waals surface area contributed by atoms with Gasteiger partial charge < -0.3 is 24.4 Å². The summed E-state index contributed by atoms with van der Waals surface area (Å²) in [5.74, 6) is -1.18. The summed E-state index contributed by atoms with van der Waals surface area (Å²) in [6, 6.07) is 4.47. The summed E-state index contributed by atoms with van der Waals surface area (Å²) >= 11 is 0. The fourth-order valence-electron chi connectivity index (χ4n) is 3.81. The van der Waals surface area contributed by atoms with Crippen molar-refractivity contribution in [1.29, 1.82) is 0 Å². The van der Waals surface area contributed by atoms with E-state index in [-0.39, 0.29) is 34.8 Å². The van der Waals surface area contributed by atoms with Crippen LogP contribution in [-0.2, 0) is 19.0 Å². The smallest absolute Gasteiger partial charge is 0.308 e. The summed E-state index contributed by atoms with van der Waals surface area (Å²) in [6.07, 6.45) is -1.98. The second kappa shape index (κ2) is 4.81. The Hall–Kier alpha value is -2.38. The van der Waals surface area contributed by atoms with Crippen molar-refractivity contribution in [2.45, 2.75) is 37.3 Å². The molecule has 2 fully saturated rings. The van der Waals surface area contributed by atoms with Gasteiger partial charge in [-0.2, -0.15) is 0 Å². The SMILES string of the molecule is COC(=O)C[C@@H]1O[C@H](C)C2=C(O)c3c(O)cccc3C(=O)[C@]23O[C@H]13. The maximum absolute atomic E-state index is 13.0. The topological polar surface area (TPSA) is 106 Å². The van der Waals surface area contributed by atoms with Crippen molar-refractivity contribution in [3.8, 4) is 5.75 Å². The van der Waals surface area contributed by atoms with E-state index >= 15 is 0 Å². The average Bonchev–Trinajstić information content (AvgIpc) is 3.28. The van der Waals surface area contributed by atoms with Crippen LogP contribution in [-0.4, -0.2) is 53.0 Å². The number of esters is 1. The lowest BCUT2D eigenvalue weighted by atomic mass is 9.74. The van der Waals surface area contributed by atoms with Crippen LogP contribution in [0.2, 0.25) is 0 Å². The number of phenols is 1. The van der Waals surface area contributed by atoms with E-state index in [4.69, 9.17) is 9.47 Å². The third-order valence-electron chi connectivity index (χ3n) is 4.89.